The van der Waals surface area contributed by atoms with Gasteiger partial charge in [-0.2, -0.15) is 9.36 Å². The minimum atomic E-state index is -0.329. The van der Waals surface area contributed by atoms with Crippen LogP contribution in [0.4, 0.5) is 0 Å². The molecule has 0 radical (unpaired) electrons. The van der Waals surface area contributed by atoms with Crippen molar-refractivity contribution in [3.05, 3.63) is 63.2 Å². The molecule has 0 unspecified atom stereocenters. The predicted molar refractivity (Wildman–Crippen MR) is 91.5 cm³/mol. The van der Waals surface area contributed by atoms with Crippen molar-refractivity contribution >= 4 is 17.2 Å². The number of para-hydroxylation sites is 1. The molecule has 2 heterocycles. The highest BCUT2D eigenvalue weighted by Crippen LogP contribution is 2.09. The van der Waals surface area contributed by atoms with Crippen LogP contribution in [0.1, 0.15) is 23.0 Å². The van der Waals surface area contributed by atoms with E-state index < -0.39 is 0 Å². The van der Waals surface area contributed by atoms with Crippen LogP contribution in [0.25, 0.3) is 5.69 Å². The van der Waals surface area contributed by atoms with Crippen molar-refractivity contribution < 1.29 is 4.79 Å². The number of hydrogen-bond donors (Lipinski definition) is 1. The first-order valence-electron chi connectivity index (χ1n) is 7.61. The third kappa shape index (κ3) is 3.43. The van der Waals surface area contributed by atoms with E-state index in [2.05, 4.69) is 15.7 Å². The van der Waals surface area contributed by atoms with E-state index in [-0.39, 0.29) is 24.2 Å². The second-order valence-electron chi connectivity index (χ2n) is 5.25. The number of thiophene rings is 1. The maximum atomic E-state index is 12.4. The van der Waals surface area contributed by atoms with Gasteiger partial charge in [-0.05, 0) is 40.4 Å². The van der Waals surface area contributed by atoms with E-state index in [4.69, 9.17) is 0 Å². The van der Waals surface area contributed by atoms with E-state index in [1.54, 1.807) is 18.2 Å². The third-order valence-electron chi connectivity index (χ3n) is 3.61. The van der Waals surface area contributed by atoms with Gasteiger partial charge in [-0.25, -0.2) is 4.79 Å². The zero-order chi connectivity index (χ0) is 16.9. The molecular formula is C16H17N5O2S. The molecule has 0 bridgehead atoms. The fraction of sp³-hybridized carbons (Fsp3) is 0.250. The standard InChI is InChI=1S/C16H17N5O2S/c1-2-12(17-15(22)14-9-6-10-24-14)11-20-16(23)21(19-18-20)13-7-4-3-5-8-13/h3-10,12H,2,11H2,1H3,(H,17,22)/t12-/m1/s1. The van der Waals surface area contributed by atoms with E-state index in [9.17, 15) is 9.59 Å². The number of carbonyl (C=O) groups is 1. The summed E-state index contributed by atoms with van der Waals surface area (Å²) in [5, 5.41) is 12.6. The number of nitrogens with zero attached hydrogens (tertiary/aromatic N) is 4. The van der Waals surface area contributed by atoms with Crippen molar-refractivity contribution in [2.24, 2.45) is 0 Å². The average Bonchev–Trinajstić information content (AvgIpc) is 3.26. The molecule has 2 aromatic heterocycles. The average molecular weight is 343 g/mol. The molecule has 0 spiro atoms. The summed E-state index contributed by atoms with van der Waals surface area (Å²) in [6.07, 6.45) is 0.682. The maximum absolute atomic E-state index is 12.4. The molecule has 0 saturated carbocycles. The Bertz CT molecular complexity index is 854. The maximum Gasteiger partial charge on any atom is 0.368 e. The van der Waals surface area contributed by atoms with Gasteiger partial charge in [-0.1, -0.05) is 31.2 Å². The van der Waals surface area contributed by atoms with Gasteiger partial charge in [0.05, 0.1) is 17.1 Å². The van der Waals surface area contributed by atoms with Crippen molar-refractivity contribution in [3.8, 4) is 5.69 Å². The molecule has 7 nitrogen and oxygen atoms in total. The fourth-order valence-corrected chi connectivity index (χ4v) is 2.90. The zero-order valence-corrected chi connectivity index (χ0v) is 13.9. The van der Waals surface area contributed by atoms with Gasteiger partial charge in [0.1, 0.15) is 0 Å². The SMILES string of the molecule is CC[C@H](Cn1nnn(-c2ccccc2)c1=O)NC(=O)c1cccs1. The van der Waals surface area contributed by atoms with Gasteiger partial charge in [0.25, 0.3) is 5.91 Å². The summed E-state index contributed by atoms with van der Waals surface area (Å²) < 4.78 is 2.52. The Hall–Kier alpha value is -2.74. The molecule has 8 heteroatoms. The predicted octanol–water partition coefficient (Wildman–Crippen LogP) is 1.70. The van der Waals surface area contributed by atoms with Gasteiger partial charge in [0.2, 0.25) is 0 Å². The van der Waals surface area contributed by atoms with E-state index in [1.807, 2.05) is 36.6 Å². The molecule has 3 rings (SSSR count). The van der Waals surface area contributed by atoms with Crippen LogP contribution in [0, 0.1) is 0 Å². The Kier molecular flexibility index (Phi) is 4.85. The number of benzene rings is 1. The first-order chi connectivity index (χ1) is 11.7. The lowest BCUT2D eigenvalue weighted by atomic mass is 10.2. The van der Waals surface area contributed by atoms with Gasteiger partial charge in [0.15, 0.2) is 0 Å². The van der Waals surface area contributed by atoms with Crippen LogP contribution in [0.3, 0.4) is 0 Å². The van der Waals surface area contributed by atoms with Gasteiger partial charge in [0, 0.05) is 6.04 Å². The second kappa shape index (κ2) is 7.22. The third-order valence-corrected chi connectivity index (χ3v) is 4.48. The van der Waals surface area contributed by atoms with Crippen LogP contribution in [0.5, 0.6) is 0 Å². The number of tetrazole rings is 1. The number of amides is 1. The number of aromatic nitrogens is 4. The molecular weight excluding hydrogens is 326 g/mol. The van der Waals surface area contributed by atoms with Crippen LogP contribution in [0.15, 0.2) is 52.6 Å². The van der Waals surface area contributed by atoms with E-state index >= 15 is 0 Å². The Labute approximate surface area is 142 Å². The highest BCUT2D eigenvalue weighted by Gasteiger charge is 2.17. The van der Waals surface area contributed by atoms with Gasteiger partial charge < -0.3 is 5.32 Å². The van der Waals surface area contributed by atoms with Crippen molar-refractivity contribution in [1.29, 1.82) is 0 Å². The summed E-state index contributed by atoms with van der Waals surface area (Å²) in [5.74, 6) is -0.139. The molecule has 0 fully saturated rings. The monoisotopic (exact) mass is 343 g/mol. The quantitative estimate of drug-likeness (QED) is 0.738. The summed E-state index contributed by atoms with van der Waals surface area (Å²) in [5.41, 5.74) is 0.328. The van der Waals surface area contributed by atoms with Crippen LogP contribution >= 0.6 is 11.3 Å². The summed E-state index contributed by atoms with van der Waals surface area (Å²) in [7, 11) is 0. The number of nitrogens with one attached hydrogen (secondary N) is 1. The molecule has 124 valence electrons. The number of hydrogen-bond acceptors (Lipinski definition) is 5. The van der Waals surface area contributed by atoms with Crippen LogP contribution in [-0.2, 0) is 6.54 Å². The molecule has 1 aromatic carbocycles. The summed E-state index contributed by atoms with van der Waals surface area (Å²) in [4.78, 5) is 25.2. The number of carbonyl (C=O) groups excluding carboxylic acids is 1. The van der Waals surface area contributed by atoms with Crippen LogP contribution < -0.4 is 11.0 Å². The smallest absolute Gasteiger partial charge is 0.347 e. The van der Waals surface area contributed by atoms with Crippen molar-refractivity contribution in [1.82, 2.24) is 25.1 Å². The Morgan fingerprint density at radius 3 is 2.67 bits per heavy atom. The van der Waals surface area contributed by atoms with Gasteiger partial charge >= 0.3 is 5.69 Å². The first kappa shape index (κ1) is 16.1. The molecule has 24 heavy (non-hydrogen) atoms. The van der Waals surface area contributed by atoms with Gasteiger partial charge in [-0.3, -0.25) is 4.79 Å². The molecule has 0 aliphatic rings. The summed E-state index contributed by atoms with van der Waals surface area (Å²) >= 11 is 1.38. The largest absolute Gasteiger partial charge is 0.368 e. The molecule has 3 aromatic rings. The number of rotatable bonds is 6. The Balaban J connectivity index is 1.74. The fourth-order valence-electron chi connectivity index (χ4n) is 2.27. The van der Waals surface area contributed by atoms with Gasteiger partial charge in [-0.15, -0.1) is 11.3 Å². The van der Waals surface area contributed by atoms with Crippen molar-refractivity contribution in [2.75, 3.05) is 0 Å². The molecule has 1 amide bonds. The lowest BCUT2D eigenvalue weighted by Crippen LogP contribution is -2.40. The first-order valence-corrected chi connectivity index (χ1v) is 8.49. The van der Waals surface area contributed by atoms with Crippen LogP contribution in [-0.4, -0.2) is 31.7 Å². The minimum absolute atomic E-state index is 0.139. The molecule has 1 N–H and O–H groups in total. The molecule has 0 aliphatic heterocycles. The second-order valence-corrected chi connectivity index (χ2v) is 6.19. The summed E-state index contributed by atoms with van der Waals surface area (Å²) in [6, 6.07) is 12.5. The molecule has 1 atom stereocenters. The van der Waals surface area contributed by atoms with E-state index in [1.165, 1.54) is 20.7 Å². The van der Waals surface area contributed by atoms with Crippen LogP contribution in [0.2, 0.25) is 0 Å². The lowest BCUT2D eigenvalue weighted by Gasteiger charge is -2.15. The molecule has 0 aliphatic carbocycles. The highest BCUT2D eigenvalue weighted by atomic mass is 32.1. The normalized spacial score (nSPS) is 12.0. The zero-order valence-electron chi connectivity index (χ0n) is 13.1. The lowest BCUT2D eigenvalue weighted by molar-refractivity contribution is 0.0934. The highest BCUT2D eigenvalue weighted by molar-refractivity contribution is 7.12. The van der Waals surface area contributed by atoms with Crippen molar-refractivity contribution in [2.45, 2.75) is 25.9 Å². The summed E-state index contributed by atoms with van der Waals surface area (Å²) in [6.45, 7) is 2.23. The van der Waals surface area contributed by atoms with E-state index in [0.29, 0.717) is 17.0 Å². The van der Waals surface area contributed by atoms with Crippen molar-refractivity contribution in [3.63, 3.8) is 0 Å². The van der Waals surface area contributed by atoms with E-state index in [0.717, 1.165) is 0 Å². The topological polar surface area (TPSA) is 81.8 Å². The Morgan fingerprint density at radius 1 is 1.21 bits per heavy atom. The Morgan fingerprint density at radius 2 is 2.00 bits per heavy atom. The molecule has 0 saturated heterocycles. The minimum Gasteiger partial charge on any atom is -0.347 e.